The van der Waals surface area contributed by atoms with Gasteiger partial charge in [-0.05, 0) is 0 Å². The molecule has 0 bridgehead atoms. The van der Waals surface area contributed by atoms with Crippen molar-refractivity contribution in [2.45, 2.75) is 25.6 Å². The van der Waals surface area contributed by atoms with Crippen molar-refractivity contribution in [2.24, 2.45) is 0 Å². The number of ether oxygens (including phenoxy) is 1. The maximum Gasteiger partial charge on any atom is 0.302 e. The number of hydrogen-bond donors (Lipinski definition) is 1. The third-order valence-corrected chi connectivity index (χ3v) is 0.397. The molecule has 0 saturated heterocycles. The van der Waals surface area contributed by atoms with E-state index in [1.807, 2.05) is 0 Å². The SMILES string of the molecule is CC(=O)OCCO.CC(C)Br. The molecule has 0 unspecified atom stereocenters. The van der Waals surface area contributed by atoms with Gasteiger partial charge in [0, 0.05) is 11.8 Å². The van der Waals surface area contributed by atoms with Gasteiger partial charge in [0.1, 0.15) is 6.61 Å². The second-order valence-corrected chi connectivity index (χ2v) is 3.91. The number of aliphatic hydroxyl groups excluding tert-OH is 1. The summed E-state index contributed by atoms with van der Waals surface area (Å²) in [6.45, 7) is 5.48. The zero-order chi connectivity index (χ0) is 9.28. The summed E-state index contributed by atoms with van der Waals surface area (Å²) >= 11 is 3.27. The van der Waals surface area contributed by atoms with E-state index < -0.39 is 0 Å². The molecule has 1 N–H and O–H groups in total. The largest absolute Gasteiger partial charge is 0.463 e. The van der Waals surface area contributed by atoms with Gasteiger partial charge in [0.25, 0.3) is 0 Å². The normalized spacial score (nSPS) is 8.55. The highest BCUT2D eigenvalue weighted by Crippen LogP contribution is 1.89. The van der Waals surface area contributed by atoms with Gasteiger partial charge in [-0.25, -0.2) is 0 Å². The van der Waals surface area contributed by atoms with Gasteiger partial charge >= 0.3 is 5.97 Å². The smallest absolute Gasteiger partial charge is 0.302 e. The summed E-state index contributed by atoms with van der Waals surface area (Å²) < 4.78 is 4.30. The lowest BCUT2D eigenvalue weighted by Crippen LogP contribution is -2.03. The van der Waals surface area contributed by atoms with Crippen molar-refractivity contribution >= 4 is 21.9 Å². The second kappa shape index (κ2) is 9.91. The summed E-state index contributed by atoms with van der Waals surface area (Å²) in [6.07, 6.45) is 0. The summed E-state index contributed by atoms with van der Waals surface area (Å²) in [6, 6.07) is 0. The summed E-state index contributed by atoms with van der Waals surface area (Å²) in [5.41, 5.74) is 0. The van der Waals surface area contributed by atoms with E-state index in [0.29, 0.717) is 4.83 Å². The highest BCUT2D eigenvalue weighted by molar-refractivity contribution is 9.09. The zero-order valence-electron chi connectivity index (χ0n) is 7.13. The Morgan fingerprint density at radius 2 is 2.00 bits per heavy atom. The van der Waals surface area contributed by atoms with Crippen LogP contribution < -0.4 is 0 Å². The Balaban J connectivity index is 0. The van der Waals surface area contributed by atoms with Crippen LogP contribution in [0.3, 0.4) is 0 Å². The Hall–Kier alpha value is -0.0900. The van der Waals surface area contributed by atoms with Crippen LogP contribution in [0.1, 0.15) is 20.8 Å². The molecular formula is C7H15BrO3. The maximum absolute atomic E-state index is 9.87. The van der Waals surface area contributed by atoms with Crippen LogP contribution in [-0.2, 0) is 9.53 Å². The lowest BCUT2D eigenvalue weighted by Gasteiger charge is -1.93. The van der Waals surface area contributed by atoms with Gasteiger partial charge in [-0.15, -0.1) is 0 Å². The van der Waals surface area contributed by atoms with Crippen molar-refractivity contribution in [1.82, 2.24) is 0 Å². The van der Waals surface area contributed by atoms with Crippen LogP contribution >= 0.6 is 15.9 Å². The van der Waals surface area contributed by atoms with Gasteiger partial charge in [-0.3, -0.25) is 4.79 Å². The van der Waals surface area contributed by atoms with E-state index in [2.05, 4.69) is 34.5 Å². The molecule has 0 aromatic carbocycles. The predicted octanol–water partition coefficient (Wildman–Crippen LogP) is 1.33. The van der Waals surface area contributed by atoms with Crippen molar-refractivity contribution in [1.29, 1.82) is 0 Å². The Morgan fingerprint density at radius 1 is 1.64 bits per heavy atom. The van der Waals surface area contributed by atoms with Crippen LogP contribution in [0.15, 0.2) is 0 Å². The molecule has 0 saturated carbocycles. The molecule has 11 heavy (non-hydrogen) atoms. The molecule has 0 aliphatic carbocycles. The third-order valence-electron chi connectivity index (χ3n) is 0.397. The molecule has 3 nitrogen and oxygen atoms in total. The molecule has 0 spiro atoms. The summed E-state index contributed by atoms with van der Waals surface area (Å²) in [4.78, 5) is 10.5. The van der Waals surface area contributed by atoms with Gasteiger partial charge in [0.15, 0.2) is 0 Å². The van der Waals surface area contributed by atoms with Crippen LogP contribution in [0.4, 0.5) is 0 Å². The molecule has 0 fully saturated rings. The number of carbonyl (C=O) groups is 1. The summed E-state index contributed by atoms with van der Waals surface area (Å²) in [5.74, 6) is -0.353. The Labute approximate surface area is 75.9 Å². The number of hydrogen-bond acceptors (Lipinski definition) is 3. The molecule has 0 heterocycles. The van der Waals surface area contributed by atoms with Gasteiger partial charge in [-0.1, -0.05) is 29.8 Å². The molecule has 0 rings (SSSR count). The molecule has 0 amide bonds. The van der Waals surface area contributed by atoms with Gasteiger partial charge in [0.05, 0.1) is 6.61 Å². The van der Waals surface area contributed by atoms with Crippen molar-refractivity contribution in [3.63, 3.8) is 0 Å². The Bertz CT molecular complexity index is 90.9. The van der Waals surface area contributed by atoms with Gasteiger partial charge in [0.2, 0.25) is 0 Å². The van der Waals surface area contributed by atoms with Crippen LogP contribution in [0.5, 0.6) is 0 Å². The molecule has 0 atom stereocenters. The third kappa shape index (κ3) is 40.6. The van der Waals surface area contributed by atoms with Gasteiger partial charge in [-0.2, -0.15) is 0 Å². The molecule has 0 aromatic heterocycles. The van der Waals surface area contributed by atoms with E-state index >= 15 is 0 Å². The number of halogens is 1. The van der Waals surface area contributed by atoms with Crippen molar-refractivity contribution in [3.05, 3.63) is 0 Å². The number of rotatable bonds is 2. The number of alkyl halides is 1. The zero-order valence-corrected chi connectivity index (χ0v) is 8.72. The monoisotopic (exact) mass is 226 g/mol. The van der Waals surface area contributed by atoms with E-state index in [4.69, 9.17) is 5.11 Å². The Morgan fingerprint density at radius 3 is 2.09 bits per heavy atom. The predicted molar refractivity (Wildman–Crippen MR) is 47.8 cm³/mol. The molecule has 0 radical (unpaired) electrons. The number of esters is 1. The minimum absolute atomic E-state index is 0.0976. The highest BCUT2D eigenvalue weighted by atomic mass is 79.9. The first-order valence-electron chi connectivity index (χ1n) is 3.39. The van der Waals surface area contributed by atoms with Crippen LogP contribution in [0.25, 0.3) is 0 Å². The maximum atomic E-state index is 9.87. The quantitative estimate of drug-likeness (QED) is 0.571. The molecule has 0 aliphatic rings. The van der Waals surface area contributed by atoms with Crippen LogP contribution in [0.2, 0.25) is 0 Å². The highest BCUT2D eigenvalue weighted by Gasteiger charge is 1.86. The summed E-state index contributed by atoms with van der Waals surface area (Å²) in [7, 11) is 0. The van der Waals surface area contributed by atoms with Crippen molar-refractivity contribution < 1.29 is 14.6 Å². The molecule has 0 aliphatic heterocycles. The van der Waals surface area contributed by atoms with E-state index in [1.165, 1.54) is 6.92 Å². The average Bonchev–Trinajstić information content (AvgIpc) is 1.82. The fourth-order valence-corrected chi connectivity index (χ4v) is 0.189. The average molecular weight is 227 g/mol. The van der Waals surface area contributed by atoms with Crippen molar-refractivity contribution in [2.75, 3.05) is 13.2 Å². The fraction of sp³-hybridized carbons (Fsp3) is 0.857. The topological polar surface area (TPSA) is 46.5 Å². The van der Waals surface area contributed by atoms with E-state index in [9.17, 15) is 4.79 Å². The van der Waals surface area contributed by atoms with E-state index in [0.717, 1.165) is 0 Å². The number of aliphatic hydroxyl groups is 1. The van der Waals surface area contributed by atoms with Crippen LogP contribution in [0, 0.1) is 0 Å². The molecular weight excluding hydrogens is 212 g/mol. The Kier molecular flexibility index (Phi) is 12.2. The minimum atomic E-state index is -0.353. The first-order chi connectivity index (χ1) is 5.00. The van der Waals surface area contributed by atoms with E-state index in [-0.39, 0.29) is 19.2 Å². The lowest BCUT2D eigenvalue weighted by molar-refractivity contribution is -0.141. The lowest BCUT2D eigenvalue weighted by atomic mass is 10.6. The first-order valence-corrected chi connectivity index (χ1v) is 4.30. The minimum Gasteiger partial charge on any atom is -0.463 e. The second-order valence-electron chi connectivity index (χ2n) is 2.08. The first kappa shape index (κ1) is 13.5. The van der Waals surface area contributed by atoms with E-state index in [1.54, 1.807) is 0 Å². The molecule has 4 heteroatoms. The fourth-order valence-electron chi connectivity index (χ4n) is 0.189. The standard InChI is InChI=1S/C4H8O3.C3H7Br/c1-4(6)7-3-2-5;1-3(2)4/h5H,2-3H2,1H3;3H,1-2H3. The molecule has 0 aromatic rings. The molecule has 68 valence electrons. The summed E-state index contributed by atoms with van der Waals surface area (Å²) in [5, 5.41) is 8.04. The van der Waals surface area contributed by atoms with Crippen molar-refractivity contribution in [3.8, 4) is 0 Å². The van der Waals surface area contributed by atoms with Crippen LogP contribution in [-0.4, -0.2) is 29.1 Å². The number of carbonyl (C=O) groups excluding carboxylic acids is 1. The van der Waals surface area contributed by atoms with Gasteiger partial charge < -0.3 is 9.84 Å².